The predicted molar refractivity (Wildman–Crippen MR) is 67.1 cm³/mol. The van der Waals surface area contributed by atoms with Crippen LogP contribution in [-0.2, 0) is 4.65 Å². The van der Waals surface area contributed by atoms with E-state index in [1.165, 1.54) is 0 Å². The first-order valence-electron chi connectivity index (χ1n) is 5.46. The Bertz CT molecular complexity index is 234. The molecular formula is C11H24BNO3. The molecule has 0 aromatic carbocycles. The Kier molecular flexibility index (Phi) is 5.69. The lowest BCUT2D eigenvalue weighted by Gasteiger charge is -2.38. The minimum absolute atomic E-state index is 0.739. The van der Waals surface area contributed by atoms with Gasteiger partial charge < -0.3 is 19.7 Å². The Morgan fingerprint density at radius 2 is 1.75 bits per heavy atom. The molecule has 2 N–H and O–H groups in total. The van der Waals surface area contributed by atoms with E-state index in [-0.39, 0.29) is 0 Å². The molecule has 0 rings (SSSR count). The maximum atomic E-state index is 9.84. The summed E-state index contributed by atoms with van der Waals surface area (Å²) in [5.74, 6) is 1.58. The second-order valence-corrected chi connectivity index (χ2v) is 5.27. The second kappa shape index (κ2) is 5.82. The Morgan fingerprint density at radius 1 is 1.25 bits per heavy atom. The van der Waals surface area contributed by atoms with Crippen molar-refractivity contribution in [1.29, 1.82) is 0 Å². The molecule has 0 aliphatic heterocycles. The highest BCUT2D eigenvalue weighted by molar-refractivity contribution is 6.49. The van der Waals surface area contributed by atoms with Crippen molar-refractivity contribution in [3.8, 4) is 0 Å². The van der Waals surface area contributed by atoms with Gasteiger partial charge in [-0.3, -0.25) is 0 Å². The van der Waals surface area contributed by atoms with Crippen LogP contribution in [0.4, 0.5) is 0 Å². The van der Waals surface area contributed by atoms with Crippen molar-refractivity contribution < 1.29 is 14.8 Å². The van der Waals surface area contributed by atoms with E-state index in [0.717, 1.165) is 6.54 Å². The van der Waals surface area contributed by atoms with Crippen molar-refractivity contribution in [2.75, 3.05) is 20.6 Å². The number of hydrogen-bond acceptors (Lipinski definition) is 4. The number of likely N-dealkylation sites (N-methyl/N-ethyl adjacent to an activating group) is 1. The first-order chi connectivity index (χ1) is 7.06. The van der Waals surface area contributed by atoms with Crippen LogP contribution in [0.25, 0.3) is 0 Å². The van der Waals surface area contributed by atoms with E-state index in [9.17, 15) is 10.1 Å². The van der Waals surface area contributed by atoms with Gasteiger partial charge >= 0.3 is 7.12 Å². The zero-order valence-corrected chi connectivity index (χ0v) is 11.2. The third kappa shape index (κ3) is 5.65. The first kappa shape index (κ1) is 15.6. The first-order valence-corrected chi connectivity index (χ1v) is 5.46. The molecule has 4 nitrogen and oxygen atoms in total. The summed E-state index contributed by atoms with van der Waals surface area (Å²) < 4.78 is 5.38. The van der Waals surface area contributed by atoms with Gasteiger partial charge in [-0.15, -0.1) is 0 Å². The van der Waals surface area contributed by atoms with Crippen LogP contribution < -0.4 is 0 Å². The Balaban J connectivity index is 4.24. The van der Waals surface area contributed by atoms with Crippen LogP contribution in [0.2, 0.25) is 0 Å². The molecule has 5 heteroatoms. The molecule has 0 aromatic heterocycles. The molecule has 0 amide bonds. The minimum atomic E-state index is -1.01. The van der Waals surface area contributed by atoms with Gasteiger partial charge in [0.1, 0.15) is 0 Å². The van der Waals surface area contributed by atoms with Crippen LogP contribution in [0, 0.1) is 0 Å². The molecule has 0 fully saturated rings. The van der Waals surface area contributed by atoms with E-state index < -0.39 is 18.3 Å². The van der Waals surface area contributed by atoms with Crippen molar-refractivity contribution >= 4 is 7.12 Å². The summed E-state index contributed by atoms with van der Waals surface area (Å²) in [4.78, 5) is 1.98. The van der Waals surface area contributed by atoms with Crippen molar-refractivity contribution in [3.63, 3.8) is 0 Å². The fraction of sp³-hybridized carbons (Fsp3) is 0.818. The van der Waals surface area contributed by atoms with Crippen molar-refractivity contribution in [2.24, 2.45) is 0 Å². The molecule has 0 saturated carbocycles. The molecule has 0 atom stereocenters. The Morgan fingerprint density at radius 3 is 2.12 bits per heavy atom. The van der Waals surface area contributed by atoms with Gasteiger partial charge in [0.05, 0.1) is 11.2 Å². The molecule has 0 radical (unpaired) electrons. The van der Waals surface area contributed by atoms with Crippen LogP contribution in [-0.4, -0.2) is 54.0 Å². The highest BCUT2D eigenvalue weighted by atomic mass is 16.5. The lowest BCUT2D eigenvalue weighted by Crippen LogP contribution is -2.50. The smallest absolute Gasteiger partial charge is 0.423 e. The van der Waals surface area contributed by atoms with Crippen LogP contribution in [0.3, 0.4) is 0 Å². The maximum Gasteiger partial charge on any atom is 0.483 e. The number of aliphatic hydroxyl groups is 1. The van der Waals surface area contributed by atoms with Crippen molar-refractivity contribution in [3.05, 3.63) is 12.1 Å². The molecule has 0 saturated heterocycles. The second-order valence-electron chi connectivity index (χ2n) is 5.27. The van der Waals surface area contributed by atoms with Gasteiger partial charge in [-0.2, -0.15) is 0 Å². The van der Waals surface area contributed by atoms with E-state index >= 15 is 0 Å². The molecule has 0 aliphatic rings. The third-order valence-corrected chi connectivity index (χ3v) is 2.66. The van der Waals surface area contributed by atoms with Crippen LogP contribution in [0.15, 0.2) is 12.1 Å². The van der Waals surface area contributed by atoms with Gasteiger partial charge in [0.15, 0.2) is 0 Å². The molecule has 16 heavy (non-hydrogen) atoms. The van der Waals surface area contributed by atoms with Gasteiger partial charge in [-0.05, 0) is 41.8 Å². The van der Waals surface area contributed by atoms with Crippen molar-refractivity contribution in [2.45, 2.75) is 38.9 Å². The summed E-state index contributed by atoms with van der Waals surface area (Å²) in [5.41, 5.74) is -1.82. The number of hydrogen-bond donors (Lipinski definition) is 2. The van der Waals surface area contributed by atoms with E-state index in [1.807, 2.05) is 25.1 Å². The molecule has 94 valence electrons. The third-order valence-electron chi connectivity index (χ3n) is 2.66. The molecule has 0 aliphatic carbocycles. The Labute approximate surface area is 99.1 Å². The zero-order valence-electron chi connectivity index (χ0n) is 11.2. The van der Waals surface area contributed by atoms with E-state index in [1.54, 1.807) is 33.7 Å². The fourth-order valence-corrected chi connectivity index (χ4v) is 0.873. The molecule has 0 aromatic rings. The van der Waals surface area contributed by atoms with Crippen LogP contribution in [0.1, 0.15) is 27.7 Å². The summed E-state index contributed by atoms with van der Waals surface area (Å²) in [7, 11) is 2.89. The van der Waals surface area contributed by atoms with E-state index in [2.05, 4.69) is 0 Å². The van der Waals surface area contributed by atoms with Gasteiger partial charge in [-0.1, -0.05) is 12.1 Å². The monoisotopic (exact) mass is 229 g/mol. The normalized spacial score (nSPS) is 13.8. The van der Waals surface area contributed by atoms with Crippen molar-refractivity contribution in [1.82, 2.24) is 4.90 Å². The molecule has 0 heterocycles. The number of nitrogens with zero attached hydrogens (tertiary/aromatic N) is 1. The highest BCUT2D eigenvalue weighted by Gasteiger charge is 2.38. The summed E-state index contributed by atoms with van der Waals surface area (Å²) in [5, 5.41) is 19.5. The van der Waals surface area contributed by atoms with Gasteiger partial charge in [0.2, 0.25) is 0 Å². The SMILES string of the molecule is CN(C)CC=CB(O)OC(C)(C)C(C)(C)O. The average molecular weight is 229 g/mol. The number of rotatable bonds is 6. The summed E-state index contributed by atoms with van der Waals surface area (Å²) in [6.07, 6.45) is 1.82. The largest absolute Gasteiger partial charge is 0.483 e. The minimum Gasteiger partial charge on any atom is -0.423 e. The quantitative estimate of drug-likeness (QED) is 0.658. The lowest BCUT2D eigenvalue weighted by molar-refractivity contribution is -0.0984. The molecule has 0 bridgehead atoms. The highest BCUT2D eigenvalue weighted by Crippen LogP contribution is 2.25. The van der Waals surface area contributed by atoms with Gasteiger partial charge in [0, 0.05) is 6.54 Å². The van der Waals surface area contributed by atoms with Crippen LogP contribution in [0.5, 0.6) is 0 Å². The molecule has 0 unspecified atom stereocenters. The average Bonchev–Trinajstić information content (AvgIpc) is 1.99. The predicted octanol–water partition coefficient (Wildman–Crippen LogP) is 0.690. The fourth-order valence-electron chi connectivity index (χ4n) is 0.873. The van der Waals surface area contributed by atoms with Crippen LogP contribution >= 0.6 is 0 Å². The maximum absolute atomic E-state index is 9.84. The summed E-state index contributed by atoms with van der Waals surface area (Å²) in [6.45, 7) is 7.54. The molecular weight excluding hydrogens is 205 g/mol. The van der Waals surface area contributed by atoms with E-state index in [4.69, 9.17) is 4.65 Å². The topological polar surface area (TPSA) is 52.9 Å². The molecule has 0 spiro atoms. The Hall–Kier alpha value is -0.355. The summed E-state index contributed by atoms with van der Waals surface area (Å²) in [6, 6.07) is 0. The van der Waals surface area contributed by atoms with Gasteiger partial charge in [-0.25, -0.2) is 0 Å². The zero-order chi connectivity index (χ0) is 13.0. The summed E-state index contributed by atoms with van der Waals surface area (Å²) >= 11 is 0. The van der Waals surface area contributed by atoms with E-state index in [0.29, 0.717) is 0 Å². The lowest BCUT2D eigenvalue weighted by atomic mass is 9.83. The van der Waals surface area contributed by atoms with Gasteiger partial charge in [0.25, 0.3) is 0 Å². The standard InChI is InChI=1S/C11H24BNO3/c1-10(2,14)11(3,4)16-12(15)8-7-9-13(5)6/h7-8,14-15H,9H2,1-6H3.